The van der Waals surface area contributed by atoms with Crippen molar-refractivity contribution in [2.45, 2.75) is 37.2 Å². The molecular formula is C18H20N2OS. The molecule has 0 N–H and O–H groups in total. The second-order valence-electron chi connectivity index (χ2n) is 5.66. The number of thioether (sulfide) groups is 1. The Balaban J connectivity index is 1.62. The fourth-order valence-electron chi connectivity index (χ4n) is 2.43. The molecule has 0 bridgehead atoms. The first kappa shape index (κ1) is 15.1. The van der Waals surface area contributed by atoms with Gasteiger partial charge in [0.15, 0.2) is 0 Å². The highest BCUT2D eigenvalue weighted by molar-refractivity contribution is 8.00. The van der Waals surface area contributed by atoms with Crippen molar-refractivity contribution in [1.82, 2.24) is 9.88 Å². The predicted octanol–water partition coefficient (Wildman–Crippen LogP) is 3.67. The molecule has 3 nitrogen and oxygen atoms in total. The second-order valence-corrected chi connectivity index (χ2v) is 6.68. The zero-order valence-corrected chi connectivity index (χ0v) is 13.6. The Kier molecular flexibility index (Phi) is 4.78. The van der Waals surface area contributed by atoms with Gasteiger partial charge in [0.05, 0.1) is 5.75 Å². The summed E-state index contributed by atoms with van der Waals surface area (Å²) in [5.41, 5.74) is 2.38. The van der Waals surface area contributed by atoms with Gasteiger partial charge in [-0.3, -0.25) is 9.78 Å². The lowest BCUT2D eigenvalue weighted by Gasteiger charge is -2.22. The third kappa shape index (κ3) is 3.89. The Hall–Kier alpha value is -1.81. The zero-order valence-electron chi connectivity index (χ0n) is 12.7. The van der Waals surface area contributed by atoms with E-state index in [0.29, 0.717) is 18.3 Å². The van der Waals surface area contributed by atoms with E-state index < -0.39 is 0 Å². The molecule has 1 aromatic heterocycles. The van der Waals surface area contributed by atoms with E-state index in [1.165, 1.54) is 10.5 Å². The first-order chi connectivity index (χ1) is 10.7. The van der Waals surface area contributed by atoms with E-state index in [2.05, 4.69) is 24.0 Å². The Morgan fingerprint density at radius 2 is 1.95 bits per heavy atom. The van der Waals surface area contributed by atoms with Crippen LogP contribution >= 0.6 is 11.8 Å². The van der Waals surface area contributed by atoms with Crippen LogP contribution in [0.5, 0.6) is 0 Å². The van der Waals surface area contributed by atoms with Crippen molar-refractivity contribution in [2.75, 3.05) is 5.75 Å². The van der Waals surface area contributed by atoms with Gasteiger partial charge in [-0.2, -0.15) is 0 Å². The molecule has 0 spiro atoms. The Morgan fingerprint density at radius 3 is 2.64 bits per heavy atom. The molecule has 1 saturated carbocycles. The number of rotatable bonds is 6. The molecule has 1 aromatic carbocycles. The van der Waals surface area contributed by atoms with Crippen molar-refractivity contribution in [3.8, 4) is 0 Å². The van der Waals surface area contributed by atoms with Crippen LogP contribution in [0.2, 0.25) is 0 Å². The maximum absolute atomic E-state index is 12.6. The number of amides is 1. The minimum Gasteiger partial charge on any atom is -0.335 e. The maximum atomic E-state index is 12.6. The summed E-state index contributed by atoms with van der Waals surface area (Å²) in [6, 6.07) is 12.6. The van der Waals surface area contributed by atoms with E-state index in [4.69, 9.17) is 0 Å². The van der Waals surface area contributed by atoms with Crippen LogP contribution in [-0.4, -0.2) is 27.6 Å². The van der Waals surface area contributed by atoms with Gasteiger partial charge >= 0.3 is 0 Å². The number of nitrogens with zero attached hydrogens (tertiary/aromatic N) is 2. The summed E-state index contributed by atoms with van der Waals surface area (Å²) in [6.07, 6.45) is 5.83. The van der Waals surface area contributed by atoms with E-state index in [9.17, 15) is 4.79 Å². The van der Waals surface area contributed by atoms with Gasteiger partial charge in [-0.15, -0.1) is 11.8 Å². The lowest BCUT2D eigenvalue weighted by Crippen LogP contribution is -2.33. The van der Waals surface area contributed by atoms with Crippen LogP contribution in [0.1, 0.15) is 24.0 Å². The summed E-state index contributed by atoms with van der Waals surface area (Å²) < 4.78 is 0. The number of aryl methyl sites for hydroxylation is 1. The van der Waals surface area contributed by atoms with Crippen molar-refractivity contribution in [3.63, 3.8) is 0 Å². The molecule has 4 heteroatoms. The number of hydrogen-bond donors (Lipinski definition) is 0. The maximum Gasteiger partial charge on any atom is 0.233 e. The highest BCUT2D eigenvalue weighted by Gasteiger charge is 2.32. The molecule has 3 rings (SSSR count). The lowest BCUT2D eigenvalue weighted by molar-refractivity contribution is -0.129. The summed E-state index contributed by atoms with van der Waals surface area (Å²) in [6.45, 7) is 2.78. The monoisotopic (exact) mass is 312 g/mol. The highest BCUT2D eigenvalue weighted by Crippen LogP contribution is 2.30. The van der Waals surface area contributed by atoms with Crippen molar-refractivity contribution < 1.29 is 4.79 Å². The number of aromatic nitrogens is 1. The zero-order chi connectivity index (χ0) is 15.4. The Morgan fingerprint density at radius 1 is 1.23 bits per heavy atom. The van der Waals surface area contributed by atoms with Crippen molar-refractivity contribution in [2.24, 2.45) is 0 Å². The molecule has 1 aliphatic rings. The normalized spacial score (nSPS) is 13.9. The van der Waals surface area contributed by atoms with Gasteiger partial charge in [0.25, 0.3) is 0 Å². The van der Waals surface area contributed by atoms with Crippen LogP contribution in [0, 0.1) is 6.92 Å². The number of benzene rings is 1. The number of carbonyl (C=O) groups excluding carboxylic acids is 1. The van der Waals surface area contributed by atoms with Crippen LogP contribution in [0.3, 0.4) is 0 Å². The Bertz CT molecular complexity index is 641. The topological polar surface area (TPSA) is 33.2 Å². The van der Waals surface area contributed by atoms with Crippen molar-refractivity contribution in [3.05, 3.63) is 59.9 Å². The average molecular weight is 312 g/mol. The number of hydrogen-bond acceptors (Lipinski definition) is 3. The van der Waals surface area contributed by atoms with E-state index in [0.717, 1.165) is 18.4 Å². The van der Waals surface area contributed by atoms with Gasteiger partial charge in [0.2, 0.25) is 5.91 Å². The third-order valence-corrected chi connectivity index (χ3v) is 5.02. The molecular weight excluding hydrogens is 292 g/mol. The summed E-state index contributed by atoms with van der Waals surface area (Å²) in [7, 11) is 0. The van der Waals surface area contributed by atoms with Crippen molar-refractivity contribution in [1.29, 1.82) is 0 Å². The molecule has 1 heterocycles. The standard InChI is InChI=1S/C18H20N2OS/c1-14-4-2-3-5-17(14)22-13-18(21)20(16-6-7-16)12-15-8-10-19-11-9-15/h2-5,8-11,16H,6-7,12-13H2,1H3. The molecule has 1 fully saturated rings. The van der Waals surface area contributed by atoms with Crippen molar-refractivity contribution >= 4 is 17.7 Å². The largest absolute Gasteiger partial charge is 0.335 e. The number of pyridine rings is 1. The van der Waals surface area contributed by atoms with E-state index in [-0.39, 0.29) is 5.91 Å². The van der Waals surface area contributed by atoms with Crippen LogP contribution in [0.15, 0.2) is 53.7 Å². The first-order valence-electron chi connectivity index (χ1n) is 7.61. The average Bonchev–Trinajstić information content (AvgIpc) is 3.37. The fraction of sp³-hybridized carbons (Fsp3) is 0.333. The smallest absolute Gasteiger partial charge is 0.233 e. The third-order valence-electron chi connectivity index (χ3n) is 3.86. The van der Waals surface area contributed by atoms with Crippen LogP contribution in [0.4, 0.5) is 0 Å². The van der Waals surface area contributed by atoms with Gasteiger partial charge in [-0.25, -0.2) is 0 Å². The summed E-state index contributed by atoms with van der Waals surface area (Å²) in [4.78, 5) is 19.9. The van der Waals surface area contributed by atoms with Gasteiger partial charge in [-0.05, 0) is 49.1 Å². The Labute approximate surface area is 135 Å². The molecule has 0 saturated heterocycles. The molecule has 2 aromatic rings. The molecule has 0 atom stereocenters. The number of carbonyl (C=O) groups is 1. The van der Waals surface area contributed by atoms with E-state index >= 15 is 0 Å². The highest BCUT2D eigenvalue weighted by atomic mass is 32.2. The van der Waals surface area contributed by atoms with Gasteiger partial charge in [0, 0.05) is 29.9 Å². The summed E-state index contributed by atoms with van der Waals surface area (Å²) >= 11 is 1.64. The van der Waals surface area contributed by atoms with Gasteiger partial charge < -0.3 is 4.90 Å². The summed E-state index contributed by atoms with van der Waals surface area (Å²) in [5, 5.41) is 0. The molecule has 0 aliphatic heterocycles. The molecule has 1 aliphatic carbocycles. The minimum atomic E-state index is 0.229. The SMILES string of the molecule is Cc1ccccc1SCC(=O)N(Cc1ccncc1)C1CC1. The van der Waals surface area contributed by atoms with Crippen LogP contribution < -0.4 is 0 Å². The molecule has 114 valence electrons. The lowest BCUT2D eigenvalue weighted by atomic mass is 10.2. The molecule has 0 unspecified atom stereocenters. The van der Waals surface area contributed by atoms with Gasteiger partial charge in [-0.1, -0.05) is 18.2 Å². The minimum absolute atomic E-state index is 0.229. The second kappa shape index (κ2) is 6.97. The quantitative estimate of drug-likeness (QED) is 0.763. The van der Waals surface area contributed by atoms with Crippen LogP contribution in [0.25, 0.3) is 0 Å². The summed E-state index contributed by atoms with van der Waals surface area (Å²) in [5.74, 6) is 0.736. The first-order valence-corrected chi connectivity index (χ1v) is 8.59. The van der Waals surface area contributed by atoms with Gasteiger partial charge in [0.1, 0.15) is 0 Å². The van der Waals surface area contributed by atoms with E-state index in [1.54, 1.807) is 24.2 Å². The molecule has 22 heavy (non-hydrogen) atoms. The predicted molar refractivity (Wildman–Crippen MR) is 89.7 cm³/mol. The molecule has 1 amide bonds. The molecule has 0 radical (unpaired) electrons. The fourth-order valence-corrected chi connectivity index (χ4v) is 3.35. The van der Waals surface area contributed by atoms with E-state index in [1.807, 2.05) is 29.2 Å². The van der Waals surface area contributed by atoms with Crippen LogP contribution in [-0.2, 0) is 11.3 Å².